The summed E-state index contributed by atoms with van der Waals surface area (Å²) in [5.74, 6) is -1.48. The van der Waals surface area contributed by atoms with E-state index in [9.17, 15) is 4.79 Å². The molecule has 0 aliphatic heterocycles. The SMILES string of the molecule is CC(C(=O)O)c1ccnn1CCO. The third kappa shape index (κ3) is 2.06. The molecule has 0 aromatic carbocycles. The Balaban J connectivity index is 2.86. The lowest BCUT2D eigenvalue weighted by atomic mass is 10.1. The highest BCUT2D eigenvalue weighted by molar-refractivity contribution is 5.74. The molecular formula is C8H12N2O3. The van der Waals surface area contributed by atoms with Gasteiger partial charge in [-0.15, -0.1) is 0 Å². The van der Waals surface area contributed by atoms with Gasteiger partial charge in [-0.1, -0.05) is 0 Å². The summed E-state index contributed by atoms with van der Waals surface area (Å²) >= 11 is 0. The number of aliphatic carboxylic acids is 1. The van der Waals surface area contributed by atoms with Crippen LogP contribution in [0.5, 0.6) is 0 Å². The topological polar surface area (TPSA) is 75.3 Å². The largest absolute Gasteiger partial charge is 0.481 e. The lowest BCUT2D eigenvalue weighted by molar-refractivity contribution is -0.138. The Kier molecular flexibility index (Phi) is 3.02. The second-order valence-electron chi connectivity index (χ2n) is 2.76. The third-order valence-electron chi connectivity index (χ3n) is 1.88. The first-order valence-electron chi connectivity index (χ1n) is 4.02. The van der Waals surface area contributed by atoms with Crippen LogP contribution < -0.4 is 0 Å². The van der Waals surface area contributed by atoms with E-state index >= 15 is 0 Å². The maximum Gasteiger partial charge on any atom is 0.312 e. The fourth-order valence-corrected chi connectivity index (χ4v) is 1.12. The van der Waals surface area contributed by atoms with Gasteiger partial charge in [-0.05, 0) is 13.0 Å². The highest BCUT2D eigenvalue weighted by Crippen LogP contribution is 2.14. The molecule has 5 nitrogen and oxygen atoms in total. The van der Waals surface area contributed by atoms with Gasteiger partial charge in [-0.2, -0.15) is 5.10 Å². The van der Waals surface area contributed by atoms with Gasteiger partial charge in [-0.25, -0.2) is 0 Å². The minimum Gasteiger partial charge on any atom is -0.481 e. The van der Waals surface area contributed by atoms with Gasteiger partial charge in [0, 0.05) is 6.20 Å². The van der Waals surface area contributed by atoms with Crippen LogP contribution in [0.25, 0.3) is 0 Å². The zero-order chi connectivity index (χ0) is 9.84. The first-order chi connectivity index (χ1) is 6.16. The number of aliphatic hydroxyl groups is 1. The van der Waals surface area contributed by atoms with Crippen molar-refractivity contribution < 1.29 is 15.0 Å². The van der Waals surface area contributed by atoms with Gasteiger partial charge in [0.05, 0.1) is 24.8 Å². The van der Waals surface area contributed by atoms with Gasteiger partial charge in [0.1, 0.15) is 0 Å². The monoisotopic (exact) mass is 184 g/mol. The number of hydrogen-bond acceptors (Lipinski definition) is 3. The van der Waals surface area contributed by atoms with Crippen LogP contribution in [-0.2, 0) is 11.3 Å². The summed E-state index contributed by atoms with van der Waals surface area (Å²) in [6.07, 6.45) is 1.53. The Hall–Kier alpha value is -1.36. The first-order valence-corrected chi connectivity index (χ1v) is 4.02. The number of carboxylic acids is 1. The molecule has 1 aromatic rings. The molecule has 1 heterocycles. The van der Waals surface area contributed by atoms with Crippen molar-refractivity contribution in [3.8, 4) is 0 Å². The zero-order valence-electron chi connectivity index (χ0n) is 7.34. The third-order valence-corrected chi connectivity index (χ3v) is 1.88. The molecule has 0 bridgehead atoms. The van der Waals surface area contributed by atoms with Crippen LogP contribution in [-0.4, -0.2) is 32.6 Å². The van der Waals surface area contributed by atoms with Gasteiger partial charge in [0.2, 0.25) is 0 Å². The molecule has 1 unspecified atom stereocenters. The average Bonchev–Trinajstić information content (AvgIpc) is 2.52. The molecule has 1 aromatic heterocycles. The molecule has 0 saturated heterocycles. The predicted octanol–water partition coefficient (Wildman–Crippen LogP) is 0.0635. The molecule has 1 atom stereocenters. The van der Waals surface area contributed by atoms with Gasteiger partial charge >= 0.3 is 5.97 Å². The van der Waals surface area contributed by atoms with Crippen LogP contribution >= 0.6 is 0 Å². The molecule has 2 N–H and O–H groups in total. The molecule has 0 radical (unpaired) electrons. The minimum atomic E-state index is -0.889. The van der Waals surface area contributed by atoms with Crippen molar-refractivity contribution in [1.29, 1.82) is 0 Å². The maximum atomic E-state index is 10.7. The van der Waals surface area contributed by atoms with E-state index in [0.29, 0.717) is 12.2 Å². The fraction of sp³-hybridized carbons (Fsp3) is 0.500. The molecule has 1 rings (SSSR count). The number of rotatable bonds is 4. The van der Waals surface area contributed by atoms with Gasteiger partial charge in [-0.3, -0.25) is 9.48 Å². The van der Waals surface area contributed by atoms with E-state index in [1.165, 1.54) is 10.9 Å². The fourth-order valence-electron chi connectivity index (χ4n) is 1.12. The van der Waals surface area contributed by atoms with Crippen LogP contribution in [0, 0.1) is 0 Å². The van der Waals surface area contributed by atoms with Crippen LogP contribution in [0.15, 0.2) is 12.3 Å². The van der Waals surface area contributed by atoms with E-state index in [4.69, 9.17) is 10.2 Å². The van der Waals surface area contributed by atoms with Gasteiger partial charge in [0.15, 0.2) is 0 Å². The summed E-state index contributed by atoms with van der Waals surface area (Å²) in [5, 5.41) is 21.3. The second kappa shape index (κ2) is 4.04. The lowest BCUT2D eigenvalue weighted by Gasteiger charge is -2.08. The number of carbonyl (C=O) groups is 1. The van der Waals surface area contributed by atoms with E-state index in [1.807, 2.05) is 0 Å². The molecule has 0 fully saturated rings. The Morgan fingerprint density at radius 2 is 2.46 bits per heavy atom. The molecule has 0 aliphatic carbocycles. The molecule has 0 amide bonds. The van der Waals surface area contributed by atoms with Crippen LogP contribution in [0.3, 0.4) is 0 Å². The molecular weight excluding hydrogens is 172 g/mol. The van der Waals surface area contributed by atoms with E-state index in [1.54, 1.807) is 13.0 Å². The van der Waals surface area contributed by atoms with Crippen molar-refractivity contribution in [2.24, 2.45) is 0 Å². The minimum absolute atomic E-state index is 0.0407. The second-order valence-corrected chi connectivity index (χ2v) is 2.76. The van der Waals surface area contributed by atoms with E-state index < -0.39 is 11.9 Å². The summed E-state index contributed by atoms with van der Waals surface area (Å²) in [4.78, 5) is 10.7. The normalized spacial score (nSPS) is 12.8. The molecule has 0 aliphatic rings. The summed E-state index contributed by atoms with van der Waals surface area (Å²) in [6.45, 7) is 1.88. The summed E-state index contributed by atoms with van der Waals surface area (Å²) < 4.78 is 1.50. The molecule has 0 spiro atoms. The average molecular weight is 184 g/mol. The molecule has 5 heteroatoms. The highest BCUT2D eigenvalue weighted by Gasteiger charge is 2.17. The summed E-state index contributed by atoms with van der Waals surface area (Å²) in [5.41, 5.74) is 0.613. The van der Waals surface area contributed by atoms with Crippen LogP contribution in [0.2, 0.25) is 0 Å². The number of aliphatic hydroxyl groups excluding tert-OH is 1. The van der Waals surface area contributed by atoms with Crippen molar-refractivity contribution in [3.63, 3.8) is 0 Å². The maximum absolute atomic E-state index is 10.7. The molecule has 0 saturated carbocycles. The quantitative estimate of drug-likeness (QED) is 0.694. The number of nitrogens with zero attached hydrogens (tertiary/aromatic N) is 2. The van der Waals surface area contributed by atoms with E-state index in [2.05, 4.69) is 5.10 Å². The van der Waals surface area contributed by atoms with Crippen molar-refractivity contribution >= 4 is 5.97 Å². The Morgan fingerprint density at radius 1 is 1.77 bits per heavy atom. The zero-order valence-corrected chi connectivity index (χ0v) is 7.34. The van der Waals surface area contributed by atoms with E-state index in [-0.39, 0.29) is 6.61 Å². The molecule has 13 heavy (non-hydrogen) atoms. The Bertz CT molecular complexity index is 295. The van der Waals surface area contributed by atoms with Crippen molar-refractivity contribution in [3.05, 3.63) is 18.0 Å². The van der Waals surface area contributed by atoms with Crippen molar-refractivity contribution in [2.45, 2.75) is 19.4 Å². The number of carboxylic acid groups (broad SMARTS) is 1. The van der Waals surface area contributed by atoms with Crippen molar-refractivity contribution in [2.75, 3.05) is 6.61 Å². The Morgan fingerprint density at radius 3 is 3.00 bits per heavy atom. The summed E-state index contributed by atoms with van der Waals surface area (Å²) in [6, 6.07) is 1.65. The van der Waals surface area contributed by atoms with Gasteiger partial charge < -0.3 is 10.2 Å². The van der Waals surface area contributed by atoms with Gasteiger partial charge in [0.25, 0.3) is 0 Å². The predicted molar refractivity (Wildman–Crippen MR) is 45.4 cm³/mol. The highest BCUT2D eigenvalue weighted by atomic mass is 16.4. The van der Waals surface area contributed by atoms with E-state index in [0.717, 1.165) is 0 Å². The number of aromatic nitrogens is 2. The first kappa shape index (κ1) is 9.73. The number of hydrogen-bond donors (Lipinski definition) is 2. The standard InChI is InChI=1S/C8H12N2O3/c1-6(8(12)13)7-2-3-9-10(7)4-5-11/h2-3,6,11H,4-5H2,1H3,(H,12,13). The van der Waals surface area contributed by atoms with Crippen LogP contribution in [0.4, 0.5) is 0 Å². The lowest BCUT2D eigenvalue weighted by Crippen LogP contribution is -2.15. The van der Waals surface area contributed by atoms with Crippen LogP contribution in [0.1, 0.15) is 18.5 Å². The Labute approximate surface area is 75.6 Å². The van der Waals surface area contributed by atoms with Crippen molar-refractivity contribution in [1.82, 2.24) is 9.78 Å². The molecule has 72 valence electrons. The smallest absolute Gasteiger partial charge is 0.312 e. The summed E-state index contributed by atoms with van der Waals surface area (Å²) in [7, 11) is 0.